The Hall–Kier alpha value is -2.92. The number of carbonyl (C=O) groups is 3. The maximum Gasteiger partial charge on any atom is 0.251 e. The Morgan fingerprint density at radius 2 is 1.68 bits per heavy atom. The Kier molecular flexibility index (Phi) is 5.01. The maximum atomic E-state index is 12.7. The molecule has 0 spiro atoms. The van der Waals surface area contributed by atoms with Crippen molar-refractivity contribution in [2.75, 3.05) is 4.90 Å². The summed E-state index contributed by atoms with van der Waals surface area (Å²) in [6, 6.07) is 16.2. The average molecular weight is 395 g/mol. The molecule has 28 heavy (non-hydrogen) atoms. The SMILES string of the molecule is O=C(NCc1ccccc1)c1ccc(N2C(=O)[C@H]3CC=C(Cl)C[C@H]3C2=O)cc1. The first kappa shape index (κ1) is 18.4. The number of nitrogens with zero attached hydrogens (tertiary/aromatic N) is 1. The molecule has 1 heterocycles. The Labute approximate surface area is 168 Å². The quantitative estimate of drug-likeness (QED) is 0.805. The summed E-state index contributed by atoms with van der Waals surface area (Å²) in [5, 5.41) is 3.49. The van der Waals surface area contributed by atoms with Crippen LogP contribution in [0, 0.1) is 11.8 Å². The third-order valence-electron chi connectivity index (χ3n) is 5.25. The summed E-state index contributed by atoms with van der Waals surface area (Å²) < 4.78 is 0. The van der Waals surface area contributed by atoms with Gasteiger partial charge in [0.1, 0.15) is 0 Å². The molecule has 0 unspecified atom stereocenters. The average Bonchev–Trinajstić information content (AvgIpc) is 2.97. The molecule has 2 aliphatic rings. The minimum Gasteiger partial charge on any atom is -0.348 e. The van der Waals surface area contributed by atoms with Gasteiger partial charge in [-0.1, -0.05) is 48.0 Å². The van der Waals surface area contributed by atoms with Gasteiger partial charge >= 0.3 is 0 Å². The second-order valence-corrected chi connectivity index (χ2v) is 7.52. The molecule has 6 heteroatoms. The number of halogens is 1. The zero-order chi connectivity index (χ0) is 19.7. The zero-order valence-corrected chi connectivity index (χ0v) is 15.9. The second kappa shape index (κ2) is 7.60. The first-order valence-corrected chi connectivity index (χ1v) is 9.57. The fourth-order valence-electron chi connectivity index (χ4n) is 3.72. The van der Waals surface area contributed by atoms with Gasteiger partial charge in [-0.05, 0) is 42.7 Å². The molecule has 1 aliphatic carbocycles. The zero-order valence-electron chi connectivity index (χ0n) is 15.1. The summed E-state index contributed by atoms with van der Waals surface area (Å²) in [7, 11) is 0. The van der Waals surface area contributed by atoms with E-state index in [4.69, 9.17) is 11.6 Å². The highest BCUT2D eigenvalue weighted by Gasteiger charge is 2.48. The molecule has 2 aromatic carbocycles. The van der Waals surface area contributed by atoms with E-state index in [9.17, 15) is 14.4 Å². The lowest BCUT2D eigenvalue weighted by molar-refractivity contribution is -0.122. The molecule has 1 N–H and O–H groups in total. The lowest BCUT2D eigenvalue weighted by Gasteiger charge is -2.17. The van der Waals surface area contributed by atoms with E-state index in [-0.39, 0.29) is 29.6 Å². The van der Waals surface area contributed by atoms with Crippen molar-refractivity contribution in [3.8, 4) is 0 Å². The molecule has 0 aromatic heterocycles. The summed E-state index contributed by atoms with van der Waals surface area (Å²) in [6.07, 6.45) is 2.72. The number of nitrogens with one attached hydrogen (secondary N) is 1. The van der Waals surface area contributed by atoms with Gasteiger partial charge in [0, 0.05) is 17.1 Å². The van der Waals surface area contributed by atoms with Crippen LogP contribution in [0.2, 0.25) is 0 Å². The molecular weight excluding hydrogens is 376 g/mol. The lowest BCUT2D eigenvalue weighted by atomic mass is 9.85. The smallest absolute Gasteiger partial charge is 0.251 e. The summed E-state index contributed by atoms with van der Waals surface area (Å²) >= 11 is 6.05. The number of hydrogen-bond donors (Lipinski definition) is 1. The number of rotatable bonds is 4. The molecule has 2 atom stereocenters. The third-order valence-corrected chi connectivity index (χ3v) is 5.56. The first-order valence-electron chi connectivity index (χ1n) is 9.19. The molecular formula is C22H19ClN2O3. The van der Waals surface area contributed by atoms with Crippen LogP contribution in [0.1, 0.15) is 28.8 Å². The number of hydrogen-bond acceptors (Lipinski definition) is 3. The normalized spacial score (nSPS) is 21.3. The van der Waals surface area contributed by atoms with E-state index in [2.05, 4.69) is 5.32 Å². The standard InChI is InChI=1S/C22H19ClN2O3/c23-16-8-11-18-19(12-16)22(28)25(21(18)27)17-9-6-15(7-10-17)20(26)24-13-14-4-2-1-3-5-14/h1-10,18-19H,11-13H2,(H,24,26)/t18-,19+/m0/s1. The molecule has 2 aromatic rings. The fourth-order valence-corrected chi connectivity index (χ4v) is 3.98. The van der Waals surface area contributed by atoms with Gasteiger partial charge in [0.15, 0.2) is 0 Å². The first-order chi connectivity index (χ1) is 13.5. The molecule has 0 saturated carbocycles. The second-order valence-electron chi connectivity index (χ2n) is 7.03. The highest BCUT2D eigenvalue weighted by molar-refractivity contribution is 6.30. The van der Waals surface area contributed by atoms with Crippen LogP contribution in [0.4, 0.5) is 5.69 Å². The molecule has 3 amide bonds. The van der Waals surface area contributed by atoms with Crippen LogP contribution >= 0.6 is 11.6 Å². The van der Waals surface area contributed by atoms with Gasteiger partial charge in [-0.2, -0.15) is 0 Å². The number of allylic oxidation sites excluding steroid dienone is 2. The van der Waals surface area contributed by atoms with Gasteiger partial charge in [0.25, 0.3) is 5.91 Å². The van der Waals surface area contributed by atoms with E-state index in [0.717, 1.165) is 5.56 Å². The fraction of sp³-hybridized carbons (Fsp3) is 0.227. The Morgan fingerprint density at radius 1 is 1.00 bits per heavy atom. The maximum absolute atomic E-state index is 12.7. The summed E-state index contributed by atoms with van der Waals surface area (Å²) in [6.45, 7) is 0.432. The van der Waals surface area contributed by atoms with Gasteiger partial charge in [0.2, 0.25) is 11.8 Å². The van der Waals surface area contributed by atoms with Crippen molar-refractivity contribution in [1.29, 1.82) is 0 Å². The monoisotopic (exact) mass is 394 g/mol. The van der Waals surface area contributed by atoms with Gasteiger partial charge in [-0.3, -0.25) is 19.3 Å². The highest BCUT2D eigenvalue weighted by atomic mass is 35.5. The van der Waals surface area contributed by atoms with Crippen LogP contribution in [0.15, 0.2) is 65.7 Å². The van der Waals surface area contributed by atoms with Crippen molar-refractivity contribution in [2.24, 2.45) is 11.8 Å². The molecule has 1 aliphatic heterocycles. The van der Waals surface area contributed by atoms with Crippen LogP contribution in [-0.2, 0) is 16.1 Å². The van der Waals surface area contributed by atoms with Crippen LogP contribution in [-0.4, -0.2) is 17.7 Å². The molecule has 4 rings (SSSR count). The van der Waals surface area contributed by atoms with Crippen LogP contribution in [0.5, 0.6) is 0 Å². The predicted molar refractivity (Wildman–Crippen MR) is 107 cm³/mol. The number of carbonyl (C=O) groups excluding carboxylic acids is 3. The summed E-state index contributed by atoms with van der Waals surface area (Å²) in [5.41, 5.74) is 1.97. The molecule has 1 fully saturated rings. The molecule has 5 nitrogen and oxygen atoms in total. The number of anilines is 1. The van der Waals surface area contributed by atoms with E-state index >= 15 is 0 Å². The summed E-state index contributed by atoms with van der Waals surface area (Å²) in [5.74, 6) is -1.36. The van der Waals surface area contributed by atoms with E-state index in [0.29, 0.717) is 35.7 Å². The Morgan fingerprint density at radius 3 is 2.39 bits per heavy atom. The third kappa shape index (κ3) is 3.45. The van der Waals surface area contributed by atoms with Crippen molar-refractivity contribution >= 4 is 35.0 Å². The van der Waals surface area contributed by atoms with Gasteiger partial charge < -0.3 is 5.32 Å². The van der Waals surface area contributed by atoms with E-state index in [1.807, 2.05) is 36.4 Å². The molecule has 0 radical (unpaired) electrons. The summed E-state index contributed by atoms with van der Waals surface area (Å²) in [4.78, 5) is 39.0. The number of imide groups is 1. The van der Waals surface area contributed by atoms with Crippen molar-refractivity contribution in [3.63, 3.8) is 0 Å². The lowest BCUT2D eigenvalue weighted by Crippen LogP contribution is -2.31. The largest absolute Gasteiger partial charge is 0.348 e. The highest BCUT2D eigenvalue weighted by Crippen LogP contribution is 2.40. The van der Waals surface area contributed by atoms with Crippen LogP contribution in [0.25, 0.3) is 0 Å². The van der Waals surface area contributed by atoms with Crippen molar-refractivity contribution < 1.29 is 14.4 Å². The van der Waals surface area contributed by atoms with Gasteiger partial charge in [0.05, 0.1) is 17.5 Å². The Bertz CT molecular complexity index is 954. The van der Waals surface area contributed by atoms with Gasteiger partial charge in [-0.15, -0.1) is 0 Å². The molecule has 142 valence electrons. The molecule has 1 saturated heterocycles. The van der Waals surface area contributed by atoms with Crippen molar-refractivity contribution in [1.82, 2.24) is 5.32 Å². The van der Waals surface area contributed by atoms with E-state index in [1.165, 1.54) is 4.90 Å². The Balaban J connectivity index is 1.45. The number of amides is 3. The minimum atomic E-state index is -0.390. The predicted octanol–water partition coefficient (Wildman–Crippen LogP) is 3.64. The van der Waals surface area contributed by atoms with Crippen molar-refractivity contribution in [2.45, 2.75) is 19.4 Å². The van der Waals surface area contributed by atoms with Gasteiger partial charge in [-0.25, -0.2) is 0 Å². The number of benzene rings is 2. The van der Waals surface area contributed by atoms with E-state index < -0.39 is 0 Å². The van der Waals surface area contributed by atoms with E-state index in [1.54, 1.807) is 24.3 Å². The van der Waals surface area contributed by atoms with Crippen molar-refractivity contribution in [3.05, 3.63) is 76.8 Å². The minimum absolute atomic E-state index is 0.198. The van der Waals surface area contributed by atoms with Crippen LogP contribution in [0.3, 0.4) is 0 Å². The molecule has 0 bridgehead atoms. The topological polar surface area (TPSA) is 66.5 Å². The van der Waals surface area contributed by atoms with Crippen LogP contribution < -0.4 is 10.2 Å². The number of fused-ring (bicyclic) bond motifs is 1.